The van der Waals surface area contributed by atoms with E-state index in [0.717, 1.165) is 38.4 Å². The molecule has 0 aromatic heterocycles. The number of hydrogen-bond acceptors (Lipinski definition) is 6. The number of hydrogen-bond donors (Lipinski definition) is 4. The number of aliphatic hydroxyl groups is 3. The molecule has 2 rings (SSSR count). The fourth-order valence-electron chi connectivity index (χ4n) is 4.87. The second kappa shape index (κ2) is 13.4. The SMILES string of the molecule is Cc1ccc(CCC(O)CCC2C(O)CC(O)C2CCCCCCC(=O)NS(C)(=O)=O)cc1. The monoisotopic (exact) mass is 483 g/mol. The fraction of sp³-hybridized carbons (Fsp3) is 0.720. The number of amides is 1. The molecule has 1 fully saturated rings. The van der Waals surface area contributed by atoms with Crippen molar-refractivity contribution in [1.82, 2.24) is 4.72 Å². The second-order valence-corrected chi connectivity index (χ2v) is 11.5. The van der Waals surface area contributed by atoms with Crippen molar-refractivity contribution < 1.29 is 28.5 Å². The molecule has 7 nitrogen and oxygen atoms in total. The summed E-state index contributed by atoms with van der Waals surface area (Å²) in [5, 5.41) is 31.3. The third-order valence-corrected chi connectivity index (χ3v) is 7.33. The lowest BCUT2D eigenvalue weighted by Gasteiger charge is -2.24. The van der Waals surface area contributed by atoms with Crippen molar-refractivity contribution in [3.05, 3.63) is 35.4 Å². The van der Waals surface area contributed by atoms with Gasteiger partial charge in [0, 0.05) is 6.42 Å². The maximum atomic E-state index is 11.5. The number of benzene rings is 1. The van der Waals surface area contributed by atoms with Gasteiger partial charge in [0.1, 0.15) is 0 Å². The van der Waals surface area contributed by atoms with Crippen LogP contribution in [0.1, 0.15) is 75.3 Å². The standard InChI is InChI=1S/C25H41NO6S/c1-18-9-11-19(12-10-18)13-14-20(27)15-16-22-21(23(28)17-24(22)29)7-5-3-4-6-8-25(30)26-33(2,31)32/h9-12,20-24,27-29H,3-8,13-17H2,1-2H3,(H,26,30). The van der Waals surface area contributed by atoms with E-state index in [1.807, 2.05) is 4.72 Å². The van der Waals surface area contributed by atoms with Crippen LogP contribution in [0.15, 0.2) is 24.3 Å². The smallest absolute Gasteiger partial charge is 0.233 e. The van der Waals surface area contributed by atoms with Gasteiger partial charge in [0.2, 0.25) is 15.9 Å². The molecule has 5 unspecified atom stereocenters. The summed E-state index contributed by atoms with van der Waals surface area (Å²) in [7, 11) is -3.50. The van der Waals surface area contributed by atoms with Crippen LogP contribution in [0.4, 0.5) is 0 Å². The molecule has 1 saturated carbocycles. The molecule has 1 aliphatic rings. The highest BCUT2D eigenvalue weighted by Crippen LogP contribution is 2.39. The third kappa shape index (κ3) is 10.5. The number of unbranched alkanes of at least 4 members (excludes halogenated alkanes) is 3. The molecule has 1 amide bonds. The molecule has 0 heterocycles. The van der Waals surface area contributed by atoms with Crippen LogP contribution >= 0.6 is 0 Å². The first-order chi connectivity index (χ1) is 15.5. The molecule has 0 spiro atoms. The Kier molecular flexibility index (Phi) is 11.3. The van der Waals surface area contributed by atoms with E-state index in [2.05, 4.69) is 31.2 Å². The number of carbonyl (C=O) groups excluding carboxylic acids is 1. The van der Waals surface area contributed by atoms with Gasteiger partial charge in [-0.15, -0.1) is 0 Å². The molecule has 4 N–H and O–H groups in total. The molecular weight excluding hydrogens is 442 g/mol. The number of aliphatic hydroxyl groups excluding tert-OH is 3. The normalized spacial score (nSPS) is 24.0. The Bertz CT molecular complexity index is 826. The van der Waals surface area contributed by atoms with Gasteiger partial charge in [-0.3, -0.25) is 9.52 Å². The van der Waals surface area contributed by atoms with Crippen molar-refractivity contribution in [2.75, 3.05) is 6.26 Å². The lowest BCUT2D eigenvalue weighted by molar-refractivity contribution is -0.119. The van der Waals surface area contributed by atoms with Crippen LogP contribution in [-0.2, 0) is 21.2 Å². The van der Waals surface area contributed by atoms with E-state index in [1.165, 1.54) is 11.1 Å². The van der Waals surface area contributed by atoms with Gasteiger partial charge in [-0.1, -0.05) is 49.1 Å². The number of carbonyl (C=O) groups is 1. The quantitative estimate of drug-likeness (QED) is 0.302. The van der Waals surface area contributed by atoms with Crippen molar-refractivity contribution in [3.8, 4) is 0 Å². The Morgan fingerprint density at radius 1 is 1.00 bits per heavy atom. The summed E-state index contributed by atoms with van der Waals surface area (Å²) in [6.45, 7) is 2.05. The summed E-state index contributed by atoms with van der Waals surface area (Å²) in [4.78, 5) is 11.5. The fourth-order valence-corrected chi connectivity index (χ4v) is 5.39. The highest BCUT2D eigenvalue weighted by atomic mass is 32.2. The molecule has 5 atom stereocenters. The molecular formula is C25H41NO6S. The van der Waals surface area contributed by atoms with Gasteiger partial charge < -0.3 is 15.3 Å². The van der Waals surface area contributed by atoms with Crippen LogP contribution in [0.25, 0.3) is 0 Å². The zero-order valence-electron chi connectivity index (χ0n) is 19.9. The molecule has 1 aliphatic carbocycles. The largest absolute Gasteiger partial charge is 0.393 e. The van der Waals surface area contributed by atoms with Crippen LogP contribution in [0.2, 0.25) is 0 Å². The highest BCUT2D eigenvalue weighted by Gasteiger charge is 2.40. The van der Waals surface area contributed by atoms with Gasteiger partial charge in [0.15, 0.2) is 0 Å². The lowest BCUT2D eigenvalue weighted by Crippen LogP contribution is -2.28. The molecule has 0 aliphatic heterocycles. The predicted octanol–water partition coefficient (Wildman–Crippen LogP) is 2.84. The summed E-state index contributed by atoms with van der Waals surface area (Å²) in [5.74, 6) is -0.458. The lowest BCUT2D eigenvalue weighted by atomic mass is 9.84. The molecule has 8 heteroatoms. The van der Waals surface area contributed by atoms with Crippen molar-refractivity contribution in [2.24, 2.45) is 11.8 Å². The van der Waals surface area contributed by atoms with Crippen molar-refractivity contribution in [1.29, 1.82) is 0 Å². The van der Waals surface area contributed by atoms with Gasteiger partial charge in [-0.2, -0.15) is 0 Å². The third-order valence-electron chi connectivity index (χ3n) is 6.73. The molecule has 33 heavy (non-hydrogen) atoms. The Balaban J connectivity index is 1.67. The minimum atomic E-state index is -3.50. The van der Waals surface area contributed by atoms with Gasteiger partial charge >= 0.3 is 0 Å². The zero-order chi connectivity index (χ0) is 24.4. The predicted molar refractivity (Wildman–Crippen MR) is 129 cm³/mol. The van der Waals surface area contributed by atoms with E-state index in [9.17, 15) is 28.5 Å². The summed E-state index contributed by atoms with van der Waals surface area (Å²) in [5.41, 5.74) is 2.43. The van der Waals surface area contributed by atoms with Gasteiger partial charge in [0.25, 0.3) is 0 Å². The number of nitrogens with one attached hydrogen (secondary N) is 1. The Morgan fingerprint density at radius 2 is 1.61 bits per heavy atom. The van der Waals surface area contributed by atoms with E-state index in [4.69, 9.17) is 0 Å². The number of aryl methyl sites for hydroxylation is 2. The van der Waals surface area contributed by atoms with E-state index >= 15 is 0 Å². The van der Waals surface area contributed by atoms with E-state index in [-0.39, 0.29) is 18.3 Å². The first-order valence-electron chi connectivity index (χ1n) is 12.2. The molecule has 0 radical (unpaired) electrons. The van der Waals surface area contributed by atoms with E-state index in [0.29, 0.717) is 32.1 Å². The average molecular weight is 484 g/mol. The van der Waals surface area contributed by atoms with Crippen LogP contribution < -0.4 is 4.72 Å². The summed E-state index contributed by atoms with van der Waals surface area (Å²) in [6.07, 6.45) is 6.89. The van der Waals surface area contributed by atoms with Crippen LogP contribution in [0.3, 0.4) is 0 Å². The molecule has 188 valence electrons. The topological polar surface area (TPSA) is 124 Å². The van der Waals surface area contributed by atoms with E-state index in [1.54, 1.807) is 0 Å². The first-order valence-corrected chi connectivity index (χ1v) is 14.0. The molecule has 0 bridgehead atoms. The molecule has 1 aromatic carbocycles. The second-order valence-electron chi connectivity index (χ2n) is 9.70. The summed E-state index contributed by atoms with van der Waals surface area (Å²) >= 11 is 0. The number of rotatable bonds is 14. The molecule has 0 saturated heterocycles. The van der Waals surface area contributed by atoms with Crippen molar-refractivity contribution in [3.63, 3.8) is 0 Å². The Labute approximate surface area is 198 Å². The van der Waals surface area contributed by atoms with E-state index < -0.39 is 34.2 Å². The summed E-state index contributed by atoms with van der Waals surface area (Å²) < 4.78 is 24.0. The van der Waals surface area contributed by atoms with Crippen molar-refractivity contribution in [2.45, 2.75) is 95.9 Å². The van der Waals surface area contributed by atoms with Crippen LogP contribution in [0, 0.1) is 18.8 Å². The molecule has 1 aromatic rings. The summed E-state index contributed by atoms with van der Waals surface area (Å²) in [6, 6.07) is 8.33. The first kappa shape index (κ1) is 27.8. The minimum absolute atomic E-state index is 0.00503. The van der Waals surface area contributed by atoms with Crippen molar-refractivity contribution >= 4 is 15.9 Å². The van der Waals surface area contributed by atoms with Gasteiger partial charge in [-0.05, 0) is 69.3 Å². The van der Waals surface area contributed by atoms with Crippen LogP contribution in [-0.4, -0.2) is 54.2 Å². The van der Waals surface area contributed by atoms with Gasteiger partial charge in [0.05, 0.1) is 24.6 Å². The maximum Gasteiger partial charge on any atom is 0.233 e. The zero-order valence-corrected chi connectivity index (χ0v) is 20.8. The Hall–Kier alpha value is -1.48. The van der Waals surface area contributed by atoms with Gasteiger partial charge in [-0.25, -0.2) is 8.42 Å². The Morgan fingerprint density at radius 3 is 2.24 bits per heavy atom. The average Bonchev–Trinajstić information content (AvgIpc) is 2.99. The highest BCUT2D eigenvalue weighted by molar-refractivity contribution is 7.89. The maximum absolute atomic E-state index is 11.5. The minimum Gasteiger partial charge on any atom is -0.393 e. The van der Waals surface area contributed by atoms with Crippen LogP contribution in [0.5, 0.6) is 0 Å². The number of sulfonamides is 1.